The first-order valence-corrected chi connectivity index (χ1v) is 7.59. The zero-order chi connectivity index (χ0) is 18.6. The number of fused-ring (bicyclic) bond motifs is 1. The molecule has 0 aliphatic heterocycles. The van der Waals surface area contributed by atoms with Gasteiger partial charge in [0.05, 0.1) is 5.52 Å². The highest BCUT2D eigenvalue weighted by atomic mass is 19.4. The van der Waals surface area contributed by atoms with Crippen molar-refractivity contribution >= 4 is 28.6 Å². The number of ether oxygens (including phenoxy) is 1. The van der Waals surface area contributed by atoms with E-state index in [4.69, 9.17) is 0 Å². The number of hydrogen-bond acceptors (Lipinski definition) is 3. The zero-order valence-corrected chi connectivity index (χ0v) is 13.3. The molecule has 0 saturated heterocycles. The summed E-state index contributed by atoms with van der Waals surface area (Å²) in [7, 11) is 0. The number of benzene rings is 2. The van der Waals surface area contributed by atoms with Crippen molar-refractivity contribution in [3.05, 3.63) is 72.4 Å². The van der Waals surface area contributed by atoms with Crippen molar-refractivity contribution in [3.63, 3.8) is 0 Å². The number of nitrogens with zero attached hydrogens (tertiary/aromatic N) is 1. The number of halogens is 3. The van der Waals surface area contributed by atoms with Gasteiger partial charge >= 0.3 is 6.36 Å². The predicted molar refractivity (Wildman–Crippen MR) is 92.5 cm³/mol. The van der Waals surface area contributed by atoms with Crippen molar-refractivity contribution in [2.45, 2.75) is 6.36 Å². The van der Waals surface area contributed by atoms with Gasteiger partial charge < -0.3 is 10.1 Å². The molecule has 3 aromatic rings. The summed E-state index contributed by atoms with van der Waals surface area (Å²) in [6.45, 7) is 0. The van der Waals surface area contributed by atoms with Crippen molar-refractivity contribution in [3.8, 4) is 5.75 Å². The van der Waals surface area contributed by atoms with E-state index in [0.717, 1.165) is 28.6 Å². The molecular formula is C19H13F3N2O2. The Labute approximate surface area is 146 Å². The monoisotopic (exact) mass is 358 g/mol. The minimum absolute atomic E-state index is 0.352. The Balaban J connectivity index is 1.67. The Morgan fingerprint density at radius 1 is 1.04 bits per heavy atom. The Morgan fingerprint density at radius 3 is 2.50 bits per heavy atom. The van der Waals surface area contributed by atoms with Crippen LogP contribution >= 0.6 is 0 Å². The van der Waals surface area contributed by atoms with Crippen molar-refractivity contribution < 1.29 is 22.7 Å². The lowest BCUT2D eigenvalue weighted by molar-refractivity contribution is -0.274. The lowest BCUT2D eigenvalue weighted by atomic mass is 10.1. The Kier molecular flexibility index (Phi) is 4.88. The predicted octanol–water partition coefficient (Wildman–Crippen LogP) is 4.79. The lowest BCUT2D eigenvalue weighted by Crippen LogP contribution is -2.17. The molecule has 132 valence electrons. The molecule has 0 spiro atoms. The topological polar surface area (TPSA) is 51.2 Å². The summed E-state index contributed by atoms with van der Waals surface area (Å²) in [5, 5.41) is 3.52. The van der Waals surface area contributed by atoms with Crippen LogP contribution in [0, 0.1) is 0 Å². The number of nitrogens with one attached hydrogen (secondary N) is 1. The van der Waals surface area contributed by atoms with Gasteiger partial charge in [-0.25, -0.2) is 0 Å². The van der Waals surface area contributed by atoms with E-state index in [1.807, 2.05) is 30.3 Å². The minimum atomic E-state index is -4.75. The summed E-state index contributed by atoms with van der Waals surface area (Å²) in [5.41, 5.74) is 1.91. The summed E-state index contributed by atoms with van der Waals surface area (Å²) in [6.07, 6.45) is -0.111. The average molecular weight is 358 g/mol. The Morgan fingerprint density at radius 2 is 1.77 bits per heavy atom. The molecule has 26 heavy (non-hydrogen) atoms. The number of pyridine rings is 1. The Bertz CT molecular complexity index is 946. The molecule has 0 aliphatic carbocycles. The second kappa shape index (κ2) is 7.26. The number of rotatable bonds is 4. The molecule has 4 nitrogen and oxygen atoms in total. The molecule has 0 bridgehead atoms. The van der Waals surface area contributed by atoms with Gasteiger partial charge in [0.15, 0.2) is 0 Å². The van der Waals surface area contributed by atoms with Gasteiger partial charge in [0, 0.05) is 28.9 Å². The van der Waals surface area contributed by atoms with Crippen molar-refractivity contribution in [2.75, 3.05) is 5.32 Å². The van der Waals surface area contributed by atoms with Crippen LogP contribution in [0.1, 0.15) is 5.56 Å². The fraction of sp³-hybridized carbons (Fsp3) is 0.0526. The van der Waals surface area contributed by atoms with E-state index in [9.17, 15) is 18.0 Å². The first kappa shape index (κ1) is 17.5. The number of carbonyl (C=O) groups is 1. The summed E-state index contributed by atoms with van der Waals surface area (Å²) >= 11 is 0. The number of hydrogen-bond donors (Lipinski definition) is 1. The highest BCUT2D eigenvalue weighted by Crippen LogP contribution is 2.24. The summed E-state index contributed by atoms with van der Waals surface area (Å²) < 4.78 is 40.1. The smallest absolute Gasteiger partial charge is 0.406 e. The normalized spacial score (nSPS) is 11.7. The summed E-state index contributed by atoms with van der Waals surface area (Å²) in [6, 6.07) is 14.3. The van der Waals surface area contributed by atoms with Gasteiger partial charge in [-0.1, -0.05) is 24.3 Å². The van der Waals surface area contributed by atoms with Gasteiger partial charge in [-0.2, -0.15) is 0 Å². The van der Waals surface area contributed by atoms with E-state index in [2.05, 4.69) is 15.0 Å². The van der Waals surface area contributed by atoms with Crippen LogP contribution in [-0.2, 0) is 4.79 Å². The number of carbonyl (C=O) groups excluding carboxylic acids is 1. The highest BCUT2D eigenvalue weighted by molar-refractivity contribution is 6.03. The number of alkyl halides is 3. The van der Waals surface area contributed by atoms with Gasteiger partial charge in [-0.3, -0.25) is 9.78 Å². The molecule has 3 rings (SSSR count). The van der Waals surface area contributed by atoms with Crippen molar-refractivity contribution in [2.24, 2.45) is 0 Å². The SMILES string of the molecule is O=C(/C=C/c1cccc2cccnc12)Nc1ccc(OC(F)(F)F)cc1. The molecule has 0 unspecified atom stereocenters. The van der Waals surface area contributed by atoms with E-state index >= 15 is 0 Å². The molecule has 0 atom stereocenters. The maximum absolute atomic E-state index is 12.1. The van der Waals surface area contributed by atoms with Gasteiger partial charge in [-0.15, -0.1) is 13.2 Å². The second-order valence-electron chi connectivity index (χ2n) is 5.32. The summed E-state index contributed by atoms with van der Waals surface area (Å²) in [4.78, 5) is 16.3. The zero-order valence-electron chi connectivity index (χ0n) is 13.3. The highest BCUT2D eigenvalue weighted by Gasteiger charge is 2.30. The first-order valence-electron chi connectivity index (χ1n) is 7.59. The number of para-hydroxylation sites is 1. The van der Waals surface area contributed by atoms with Crippen LogP contribution in [0.5, 0.6) is 5.75 Å². The lowest BCUT2D eigenvalue weighted by Gasteiger charge is -2.09. The summed E-state index contributed by atoms with van der Waals surface area (Å²) in [5.74, 6) is -0.768. The third-order valence-corrected chi connectivity index (χ3v) is 3.43. The van der Waals surface area contributed by atoms with Crippen LogP contribution in [0.15, 0.2) is 66.9 Å². The number of aromatic nitrogens is 1. The molecule has 1 heterocycles. The van der Waals surface area contributed by atoms with Crippen LogP contribution in [-0.4, -0.2) is 17.3 Å². The van der Waals surface area contributed by atoms with E-state index in [0.29, 0.717) is 5.69 Å². The molecule has 2 aromatic carbocycles. The van der Waals surface area contributed by atoms with Crippen LogP contribution in [0.3, 0.4) is 0 Å². The standard InChI is InChI=1S/C19H13F3N2O2/c20-19(21,22)26-16-9-7-15(8-10-16)24-17(25)11-6-14-4-1-3-13-5-2-12-23-18(13)14/h1-12H,(H,24,25)/b11-6+. The van der Waals surface area contributed by atoms with Crippen LogP contribution in [0.4, 0.5) is 18.9 Å². The van der Waals surface area contributed by atoms with Crippen molar-refractivity contribution in [1.82, 2.24) is 4.98 Å². The maximum Gasteiger partial charge on any atom is 0.573 e. The van der Waals surface area contributed by atoms with E-state index in [-0.39, 0.29) is 5.75 Å². The second-order valence-corrected chi connectivity index (χ2v) is 5.32. The quantitative estimate of drug-likeness (QED) is 0.683. The van der Waals surface area contributed by atoms with E-state index in [1.54, 1.807) is 12.3 Å². The molecule has 1 aromatic heterocycles. The molecule has 0 fully saturated rings. The van der Waals surface area contributed by atoms with Gasteiger partial charge in [0.25, 0.3) is 0 Å². The fourth-order valence-electron chi connectivity index (χ4n) is 2.35. The van der Waals surface area contributed by atoms with Gasteiger partial charge in [0.2, 0.25) is 5.91 Å². The van der Waals surface area contributed by atoms with Crippen LogP contribution < -0.4 is 10.1 Å². The van der Waals surface area contributed by atoms with Gasteiger partial charge in [-0.05, 0) is 36.4 Å². The van der Waals surface area contributed by atoms with E-state index in [1.165, 1.54) is 18.2 Å². The third kappa shape index (κ3) is 4.60. The number of amides is 1. The largest absolute Gasteiger partial charge is 0.573 e. The van der Waals surface area contributed by atoms with Crippen molar-refractivity contribution in [1.29, 1.82) is 0 Å². The minimum Gasteiger partial charge on any atom is -0.406 e. The molecule has 7 heteroatoms. The maximum atomic E-state index is 12.1. The van der Waals surface area contributed by atoms with Gasteiger partial charge in [0.1, 0.15) is 5.75 Å². The third-order valence-electron chi connectivity index (χ3n) is 3.43. The molecule has 1 amide bonds. The molecule has 1 N–H and O–H groups in total. The number of anilines is 1. The first-order chi connectivity index (χ1) is 12.4. The fourth-order valence-corrected chi connectivity index (χ4v) is 2.35. The van der Waals surface area contributed by atoms with E-state index < -0.39 is 12.3 Å². The molecular weight excluding hydrogens is 345 g/mol. The molecule has 0 aliphatic rings. The van der Waals surface area contributed by atoms with Crippen LogP contribution in [0.2, 0.25) is 0 Å². The average Bonchev–Trinajstić information content (AvgIpc) is 2.60. The molecule has 0 saturated carbocycles. The Hall–Kier alpha value is -3.35. The van der Waals surface area contributed by atoms with Crippen LogP contribution in [0.25, 0.3) is 17.0 Å². The molecule has 0 radical (unpaired) electrons.